The first-order valence-corrected chi connectivity index (χ1v) is 16.6. The SMILES string of the molecule is CC1(O)C2(C)OC(CO)(O[C@@]1(C)OCCCCCCC1CCCCC1)[C@@]2(C)C[C@@]1(C)OC2(CO)OC(C)(C1(C)O)[C@]2(C)O. The summed E-state index contributed by atoms with van der Waals surface area (Å²) in [4.78, 5) is 0. The maximum Gasteiger partial charge on any atom is 0.225 e. The van der Waals surface area contributed by atoms with E-state index in [9.17, 15) is 25.5 Å². The second kappa shape index (κ2) is 10.3. The molecule has 0 aromatic heterocycles. The molecule has 0 aromatic rings. The highest BCUT2D eigenvalue weighted by atomic mass is 16.8. The lowest BCUT2D eigenvalue weighted by Gasteiger charge is -2.81. The molecule has 6 rings (SSSR count). The van der Waals surface area contributed by atoms with Crippen molar-refractivity contribution in [3.05, 3.63) is 0 Å². The van der Waals surface area contributed by atoms with E-state index >= 15 is 0 Å². The third kappa shape index (κ3) is 4.07. The molecule has 4 bridgehead atoms. The zero-order valence-corrected chi connectivity index (χ0v) is 27.8. The Morgan fingerprint density at radius 3 is 1.79 bits per heavy atom. The Bertz CT molecular complexity index is 1060. The molecular weight excluding hydrogens is 556 g/mol. The Hall–Kier alpha value is -0.400. The van der Waals surface area contributed by atoms with Gasteiger partial charge < -0.3 is 49.2 Å². The van der Waals surface area contributed by atoms with Crippen molar-refractivity contribution in [2.24, 2.45) is 11.3 Å². The fraction of sp³-hybridized carbons (Fsp3) is 1.00. The van der Waals surface area contributed by atoms with Crippen LogP contribution in [0.25, 0.3) is 0 Å². The molecule has 10 heteroatoms. The molecule has 0 spiro atoms. The van der Waals surface area contributed by atoms with Crippen LogP contribution in [0.2, 0.25) is 0 Å². The number of unbranched alkanes of at least 4 members (excludes halogenated alkanes) is 3. The third-order valence-electron chi connectivity index (χ3n) is 13.5. The van der Waals surface area contributed by atoms with E-state index in [0.717, 1.165) is 25.2 Å². The average Bonchev–Trinajstić information content (AvgIpc) is 2.94. The maximum absolute atomic E-state index is 12.2. The van der Waals surface area contributed by atoms with Gasteiger partial charge in [-0.15, -0.1) is 0 Å². The molecule has 0 aromatic carbocycles. The van der Waals surface area contributed by atoms with Crippen molar-refractivity contribution in [2.75, 3.05) is 19.8 Å². The molecule has 0 radical (unpaired) electrons. The number of fused-ring (bicyclic) bond motifs is 4. The molecule has 5 saturated heterocycles. The number of hydrogen-bond acceptors (Lipinski definition) is 10. The normalized spacial score (nSPS) is 54.6. The third-order valence-corrected chi connectivity index (χ3v) is 13.5. The van der Waals surface area contributed by atoms with E-state index in [4.69, 9.17) is 23.7 Å². The highest BCUT2D eigenvalue weighted by molar-refractivity contribution is 5.34. The van der Waals surface area contributed by atoms with Crippen LogP contribution in [0.4, 0.5) is 0 Å². The van der Waals surface area contributed by atoms with E-state index < -0.39 is 69.6 Å². The van der Waals surface area contributed by atoms with E-state index in [1.54, 1.807) is 34.6 Å². The van der Waals surface area contributed by atoms with E-state index in [-0.39, 0.29) is 6.42 Å². The number of hydrogen-bond donors (Lipinski definition) is 5. The van der Waals surface area contributed by atoms with E-state index in [1.165, 1.54) is 58.8 Å². The Morgan fingerprint density at radius 1 is 0.628 bits per heavy atom. The number of rotatable bonds is 12. The van der Waals surface area contributed by atoms with Crippen LogP contribution in [-0.2, 0) is 23.7 Å². The van der Waals surface area contributed by atoms with Crippen molar-refractivity contribution >= 4 is 0 Å². The topological polar surface area (TPSA) is 147 Å². The lowest BCUT2D eigenvalue weighted by atomic mass is 9.46. The summed E-state index contributed by atoms with van der Waals surface area (Å²) < 4.78 is 31.3. The summed E-state index contributed by atoms with van der Waals surface area (Å²) in [5, 5.41) is 56.4. The largest absolute Gasteiger partial charge is 0.391 e. The molecule has 5 aliphatic heterocycles. The maximum atomic E-state index is 12.2. The predicted molar refractivity (Wildman–Crippen MR) is 158 cm³/mol. The molecule has 10 nitrogen and oxygen atoms in total. The first kappa shape index (κ1) is 33.9. The van der Waals surface area contributed by atoms with Gasteiger partial charge in [0.1, 0.15) is 40.2 Å². The smallest absolute Gasteiger partial charge is 0.225 e. The lowest BCUT2D eigenvalue weighted by molar-refractivity contribution is -0.615. The quantitative estimate of drug-likeness (QED) is 0.206. The lowest BCUT2D eigenvalue weighted by Crippen LogP contribution is -2.97. The van der Waals surface area contributed by atoms with E-state index in [0.29, 0.717) is 6.61 Å². The molecule has 5 N–H and O–H groups in total. The van der Waals surface area contributed by atoms with Gasteiger partial charge in [-0.1, -0.05) is 64.7 Å². The van der Waals surface area contributed by atoms with Crippen LogP contribution < -0.4 is 0 Å². The van der Waals surface area contributed by atoms with Gasteiger partial charge in [0.25, 0.3) is 0 Å². The minimum atomic E-state index is -1.76. The first-order valence-electron chi connectivity index (χ1n) is 16.6. The molecule has 10 atom stereocenters. The van der Waals surface area contributed by atoms with Crippen LogP contribution in [0.15, 0.2) is 0 Å². The summed E-state index contributed by atoms with van der Waals surface area (Å²) in [6.07, 6.45) is 12.5. The van der Waals surface area contributed by atoms with Gasteiger partial charge in [-0.3, -0.25) is 0 Å². The zero-order chi connectivity index (χ0) is 32.0. The summed E-state index contributed by atoms with van der Waals surface area (Å²) in [7, 11) is 0. The fourth-order valence-corrected chi connectivity index (χ4v) is 9.44. The zero-order valence-electron chi connectivity index (χ0n) is 27.8. The number of aliphatic hydroxyl groups is 5. The summed E-state index contributed by atoms with van der Waals surface area (Å²) in [6, 6.07) is 0. The van der Waals surface area contributed by atoms with E-state index in [2.05, 4.69) is 0 Å². The summed E-state index contributed by atoms with van der Waals surface area (Å²) >= 11 is 0. The van der Waals surface area contributed by atoms with Crippen molar-refractivity contribution in [3.8, 4) is 0 Å². The molecule has 1 aliphatic carbocycles. The Balaban J connectivity index is 1.29. The molecule has 0 amide bonds. The van der Waals surface area contributed by atoms with Crippen LogP contribution in [0.3, 0.4) is 0 Å². The van der Waals surface area contributed by atoms with Gasteiger partial charge in [0.05, 0.1) is 18.6 Å². The minimum Gasteiger partial charge on any atom is -0.391 e. The standard InChI is InChI=1S/C33H58O10/c1-24(20-25(2)26(3,36)30(7)28(5,38)33(22-35,40-25)42-30)29(6)27(4,37)31(8,43-32(24,21-34)41-29)39-19-15-10-9-12-16-23-17-13-11-14-18-23/h23,34-38H,9-22H2,1-8H3/t24-,25+,26?,27?,28-,29?,30?,31+,32?,33?/m0/s1. The minimum absolute atomic E-state index is 0.0358. The molecule has 1 saturated carbocycles. The van der Waals surface area contributed by atoms with Gasteiger partial charge in [0.2, 0.25) is 11.6 Å². The molecule has 250 valence electrons. The van der Waals surface area contributed by atoms with Crippen LogP contribution >= 0.6 is 0 Å². The van der Waals surface area contributed by atoms with Gasteiger partial charge >= 0.3 is 0 Å². The highest BCUT2D eigenvalue weighted by Gasteiger charge is 2.90. The van der Waals surface area contributed by atoms with Crippen molar-refractivity contribution < 1.29 is 49.2 Å². The van der Waals surface area contributed by atoms with Crippen LogP contribution in [0.1, 0.15) is 126 Å². The van der Waals surface area contributed by atoms with Gasteiger partial charge in [0, 0.05) is 0 Å². The first-order chi connectivity index (χ1) is 19.7. The van der Waals surface area contributed by atoms with E-state index in [1.807, 2.05) is 6.92 Å². The monoisotopic (exact) mass is 614 g/mol. The fourth-order valence-electron chi connectivity index (χ4n) is 9.44. The van der Waals surface area contributed by atoms with Crippen molar-refractivity contribution in [3.63, 3.8) is 0 Å². The Labute approximate surface area is 257 Å². The second-order valence-electron chi connectivity index (χ2n) is 15.8. The van der Waals surface area contributed by atoms with Crippen molar-refractivity contribution in [2.45, 2.75) is 177 Å². The average molecular weight is 615 g/mol. The van der Waals surface area contributed by atoms with Gasteiger partial charge in [0.15, 0.2) is 5.79 Å². The van der Waals surface area contributed by atoms with Crippen LogP contribution in [-0.4, -0.2) is 96.3 Å². The second-order valence-corrected chi connectivity index (χ2v) is 15.8. The highest BCUT2D eigenvalue weighted by Crippen LogP contribution is 2.74. The summed E-state index contributed by atoms with van der Waals surface area (Å²) in [5.41, 5.74) is -10.4. The van der Waals surface area contributed by atoms with Crippen molar-refractivity contribution in [1.82, 2.24) is 0 Å². The summed E-state index contributed by atoms with van der Waals surface area (Å²) in [5.74, 6) is -3.91. The number of aliphatic hydroxyl groups excluding tert-OH is 2. The molecule has 6 fully saturated rings. The number of ether oxygens (including phenoxy) is 5. The molecule has 43 heavy (non-hydrogen) atoms. The molecule has 5 heterocycles. The summed E-state index contributed by atoms with van der Waals surface area (Å²) in [6.45, 7) is 12.5. The van der Waals surface area contributed by atoms with Gasteiger partial charge in [-0.05, 0) is 67.2 Å². The molecule has 6 unspecified atom stereocenters. The Morgan fingerprint density at radius 2 is 1.21 bits per heavy atom. The Kier molecular flexibility index (Phi) is 8.13. The predicted octanol–water partition coefficient (Wildman–Crippen LogP) is 3.67. The van der Waals surface area contributed by atoms with Crippen molar-refractivity contribution in [1.29, 1.82) is 0 Å². The van der Waals surface area contributed by atoms with Gasteiger partial charge in [-0.2, -0.15) is 0 Å². The molecule has 6 aliphatic rings. The van der Waals surface area contributed by atoms with Crippen LogP contribution in [0, 0.1) is 11.3 Å². The molecular formula is C33H58O10. The van der Waals surface area contributed by atoms with Gasteiger partial charge in [-0.25, -0.2) is 0 Å². The van der Waals surface area contributed by atoms with Crippen LogP contribution in [0.5, 0.6) is 0 Å².